The molecule has 0 bridgehead atoms. The highest BCUT2D eigenvalue weighted by Gasteiger charge is 2.32. The van der Waals surface area contributed by atoms with Gasteiger partial charge in [0, 0.05) is 32.2 Å². The third-order valence-electron chi connectivity index (χ3n) is 5.41. The Labute approximate surface area is 186 Å². The minimum absolute atomic E-state index is 0.0965. The van der Waals surface area contributed by atoms with Crippen molar-refractivity contribution in [3.63, 3.8) is 0 Å². The van der Waals surface area contributed by atoms with Gasteiger partial charge in [-0.2, -0.15) is 5.26 Å². The number of morpholine rings is 1. The second-order valence-electron chi connectivity index (χ2n) is 7.35. The number of carbonyl (C=O) groups excluding carboxylic acids is 1. The van der Waals surface area contributed by atoms with Crippen LogP contribution in [0.5, 0.6) is 0 Å². The summed E-state index contributed by atoms with van der Waals surface area (Å²) in [4.78, 5) is 30.0. The molecule has 1 aromatic heterocycles. The fourth-order valence-corrected chi connectivity index (χ4v) is 5.00. The van der Waals surface area contributed by atoms with Crippen LogP contribution in [-0.2, 0) is 16.6 Å². The van der Waals surface area contributed by atoms with Crippen LogP contribution in [0.3, 0.4) is 0 Å². The molecule has 0 radical (unpaired) electrons. The van der Waals surface area contributed by atoms with E-state index in [4.69, 9.17) is 17.0 Å². The van der Waals surface area contributed by atoms with E-state index in [1.165, 1.54) is 16.3 Å². The van der Waals surface area contributed by atoms with E-state index in [9.17, 15) is 14.9 Å². The van der Waals surface area contributed by atoms with Crippen molar-refractivity contribution in [2.24, 2.45) is 7.05 Å². The summed E-state index contributed by atoms with van der Waals surface area (Å²) < 4.78 is 7.51. The summed E-state index contributed by atoms with van der Waals surface area (Å²) in [5, 5.41) is 9.55. The zero-order valence-corrected chi connectivity index (χ0v) is 19.2. The highest BCUT2D eigenvalue weighted by molar-refractivity contribution is 8.26. The van der Waals surface area contributed by atoms with Crippen LogP contribution < -0.4 is 10.5 Å². The third kappa shape index (κ3) is 4.31. The molecule has 160 valence electrons. The lowest BCUT2D eigenvalue weighted by atomic mass is 10.0. The fraction of sp³-hybridized carbons (Fsp3) is 0.524. The molecule has 2 aliphatic heterocycles. The Bertz CT molecular complexity index is 987. The predicted octanol–water partition coefficient (Wildman–Crippen LogP) is 2.79. The van der Waals surface area contributed by atoms with Crippen molar-refractivity contribution < 1.29 is 9.53 Å². The molecule has 0 saturated carbocycles. The van der Waals surface area contributed by atoms with Crippen LogP contribution in [0.15, 0.2) is 9.70 Å². The van der Waals surface area contributed by atoms with E-state index >= 15 is 0 Å². The number of carbonyl (C=O) groups is 1. The standard InChI is InChI=1S/C21H26N4O3S2/c1-4-5-6-7-25-20(27)17(30-21(25)29)12-15-14(2)16(13-22)19(26)23(3)18(15)24-8-10-28-11-9-24/h12H,4-11H2,1-3H3/b17-12-. The van der Waals surface area contributed by atoms with E-state index in [-0.39, 0.29) is 17.0 Å². The molecular weight excluding hydrogens is 420 g/mol. The number of thiocarbonyl (C=S) groups is 1. The number of aromatic nitrogens is 1. The topological polar surface area (TPSA) is 78.6 Å². The first-order valence-electron chi connectivity index (χ1n) is 10.1. The number of nitriles is 1. The third-order valence-corrected chi connectivity index (χ3v) is 6.79. The van der Waals surface area contributed by atoms with Crippen LogP contribution in [0.25, 0.3) is 6.08 Å². The molecule has 3 rings (SSSR count). The van der Waals surface area contributed by atoms with Crippen molar-refractivity contribution in [3.05, 3.63) is 31.9 Å². The van der Waals surface area contributed by atoms with Gasteiger partial charge in [-0.15, -0.1) is 0 Å². The summed E-state index contributed by atoms with van der Waals surface area (Å²) >= 11 is 6.72. The van der Waals surface area contributed by atoms with Crippen LogP contribution >= 0.6 is 24.0 Å². The lowest BCUT2D eigenvalue weighted by Gasteiger charge is -2.32. The van der Waals surface area contributed by atoms with E-state index < -0.39 is 0 Å². The molecule has 0 unspecified atom stereocenters. The number of nitrogens with zero attached hydrogens (tertiary/aromatic N) is 4. The molecule has 2 fully saturated rings. The largest absolute Gasteiger partial charge is 0.378 e. The maximum atomic E-state index is 13.0. The SMILES string of the molecule is CCCCCN1C(=O)/C(=C/c2c(C)c(C#N)c(=O)n(C)c2N2CCOCC2)SC1=S. The lowest BCUT2D eigenvalue weighted by Crippen LogP contribution is -2.40. The summed E-state index contributed by atoms with van der Waals surface area (Å²) in [6, 6.07) is 2.03. The lowest BCUT2D eigenvalue weighted by molar-refractivity contribution is -0.122. The van der Waals surface area contributed by atoms with Gasteiger partial charge < -0.3 is 9.64 Å². The molecule has 9 heteroatoms. The average molecular weight is 447 g/mol. The molecular formula is C21H26N4O3S2. The molecule has 2 saturated heterocycles. The van der Waals surface area contributed by atoms with E-state index in [0.29, 0.717) is 59.0 Å². The van der Waals surface area contributed by atoms with Crippen LogP contribution in [-0.4, -0.2) is 52.5 Å². The molecule has 30 heavy (non-hydrogen) atoms. The Morgan fingerprint density at radius 3 is 2.60 bits per heavy atom. The van der Waals surface area contributed by atoms with Gasteiger partial charge >= 0.3 is 0 Å². The van der Waals surface area contributed by atoms with Gasteiger partial charge in [0.1, 0.15) is 21.8 Å². The fourth-order valence-electron chi connectivity index (χ4n) is 3.71. The molecule has 0 N–H and O–H groups in total. The van der Waals surface area contributed by atoms with Crippen molar-refractivity contribution in [1.29, 1.82) is 5.26 Å². The quantitative estimate of drug-likeness (QED) is 0.378. The average Bonchev–Trinajstić information content (AvgIpc) is 3.01. The molecule has 0 aliphatic carbocycles. The van der Waals surface area contributed by atoms with E-state index in [1.54, 1.807) is 24.9 Å². The van der Waals surface area contributed by atoms with Crippen molar-refractivity contribution in [2.45, 2.75) is 33.1 Å². The summed E-state index contributed by atoms with van der Waals surface area (Å²) in [5.41, 5.74) is 1.06. The number of hydrogen-bond donors (Lipinski definition) is 0. The summed E-state index contributed by atoms with van der Waals surface area (Å²) in [7, 11) is 1.67. The summed E-state index contributed by atoms with van der Waals surface area (Å²) in [6.45, 7) is 6.89. The molecule has 0 aromatic carbocycles. The minimum atomic E-state index is -0.333. The number of pyridine rings is 1. The van der Waals surface area contributed by atoms with Gasteiger partial charge in [0.2, 0.25) is 0 Å². The van der Waals surface area contributed by atoms with Crippen molar-refractivity contribution in [3.8, 4) is 6.07 Å². The number of amides is 1. The smallest absolute Gasteiger partial charge is 0.270 e. The maximum absolute atomic E-state index is 13.0. The molecule has 3 heterocycles. The normalized spacial score (nSPS) is 18.4. The van der Waals surface area contributed by atoms with E-state index in [1.807, 2.05) is 6.07 Å². The monoisotopic (exact) mass is 446 g/mol. The maximum Gasteiger partial charge on any atom is 0.270 e. The number of ether oxygens (including phenoxy) is 1. The number of anilines is 1. The van der Waals surface area contributed by atoms with Gasteiger partial charge in [0.05, 0.1) is 18.1 Å². The predicted molar refractivity (Wildman–Crippen MR) is 124 cm³/mol. The Morgan fingerprint density at radius 2 is 1.97 bits per heavy atom. The van der Waals surface area contributed by atoms with Crippen molar-refractivity contribution in [1.82, 2.24) is 9.47 Å². The zero-order valence-electron chi connectivity index (χ0n) is 17.6. The molecule has 1 amide bonds. The van der Waals surface area contributed by atoms with Crippen molar-refractivity contribution in [2.75, 3.05) is 37.7 Å². The first kappa shape index (κ1) is 22.5. The second kappa shape index (κ2) is 9.77. The second-order valence-corrected chi connectivity index (χ2v) is 9.03. The Morgan fingerprint density at radius 1 is 1.27 bits per heavy atom. The molecule has 0 spiro atoms. The number of hydrogen-bond acceptors (Lipinski definition) is 7. The molecule has 1 aromatic rings. The first-order chi connectivity index (χ1) is 14.4. The number of unbranched alkanes of at least 4 members (excludes halogenated alkanes) is 2. The van der Waals surface area contributed by atoms with Gasteiger partial charge in [0.15, 0.2) is 0 Å². The van der Waals surface area contributed by atoms with Crippen LogP contribution in [0, 0.1) is 18.3 Å². The summed E-state index contributed by atoms with van der Waals surface area (Å²) in [5.74, 6) is 0.594. The van der Waals surface area contributed by atoms with E-state index in [2.05, 4.69) is 11.8 Å². The van der Waals surface area contributed by atoms with Crippen LogP contribution in [0.2, 0.25) is 0 Å². The van der Waals surface area contributed by atoms with Gasteiger partial charge in [-0.1, -0.05) is 43.7 Å². The van der Waals surface area contributed by atoms with Gasteiger partial charge in [-0.3, -0.25) is 19.1 Å². The highest BCUT2D eigenvalue weighted by atomic mass is 32.2. The van der Waals surface area contributed by atoms with Crippen LogP contribution in [0.1, 0.15) is 42.9 Å². The molecule has 2 aliphatic rings. The van der Waals surface area contributed by atoms with E-state index in [0.717, 1.165) is 19.3 Å². The number of thioether (sulfide) groups is 1. The van der Waals surface area contributed by atoms with Gasteiger partial charge in [-0.25, -0.2) is 0 Å². The number of rotatable bonds is 6. The molecule has 7 nitrogen and oxygen atoms in total. The van der Waals surface area contributed by atoms with Crippen molar-refractivity contribution >= 4 is 46.1 Å². The Balaban J connectivity index is 2.07. The Kier molecular flexibility index (Phi) is 7.34. The minimum Gasteiger partial charge on any atom is -0.378 e. The first-order valence-corrected chi connectivity index (χ1v) is 11.3. The molecule has 0 atom stereocenters. The summed E-state index contributed by atoms with van der Waals surface area (Å²) in [6.07, 6.45) is 4.82. The van der Waals surface area contributed by atoms with Gasteiger partial charge in [0.25, 0.3) is 11.5 Å². The highest BCUT2D eigenvalue weighted by Crippen LogP contribution is 2.36. The zero-order chi connectivity index (χ0) is 21.8. The van der Waals surface area contributed by atoms with Gasteiger partial charge in [-0.05, 0) is 25.0 Å². The van der Waals surface area contributed by atoms with Crippen LogP contribution in [0.4, 0.5) is 5.82 Å². The Hall–Kier alpha value is -2.15.